The van der Waals surface area contributed by atoms with Gasteiger partial charge in [-0.1, -0.05) is 17.3 Å². The van der Waals surface area contributed by atoms with Gasteiger partial charge in [-0.15, -0.1) is 5.10 Å². The van der Waals surface area contributed by atoms with Crippen molar-refractivity contribution in [2.45, 2.75) is 51.0 Å². The molecule has 1 N–H and O–H groups in total. The first-order chi connectivity index (χ1) is 19.1. The fourth-order valence-corrected chi connectivity index (χ4v) is 3.95. The van der Waals surface area contributed by atoms with Crippen LogP contribution in [0.25, 0.3) is 5.69 Å². The summed E-state index contributed by atoms with van der Waals surface area (Å²) in [6, 6.07) is 9.38. The highest BCUT2D eigenvalue weighted by molar-refractivity contribution is 5.91. The molecule has 4 rings (SSSR count). The molecular weight excluding hydrogens is 532 g/mol. The summed E-state index contributed by atoms with van der Waals surface area (Å²) >= 11 is 0. The molecule has 0 spiro atoms. The van der Waals surface area contributed by atoms with Crippen molar-refractivity contribution in [3.63, 3.8) is 0 Å². The van der Waals surface area contributed by atoms with Crippen LogP contribution in [0.15, 0.2) is 55.1 Å². The first kappa shape index (κ1) is 28.5. The minimum absolute atomic E-state index is 0.0200. The van der Waals surface area contributed by atoms with E-state index in [0.717, 1.165) is 0 Å². The van der Waals surface area contributed by atoms with Gasteiger partial charge < -0.3 is 9.88 Å². The standard InChI is InChI=1S/C26H26F4N8O2/c1-31-25(40)24-15-38(36-35-24)13-18(27)5-6-19-7-8-20(34-33-19)10-23(39)11-21-14-37(16-32-21)22-4-2-3-17(9-22)12-26(28,29)30/h2-4,7-9,14-16,18H,5-6,10-13H2,1H3,(H,31,40)/t18-/m1/s1. The van der Waals surface area contributed by atoms with Gasteiger partial charge in [0.25, 0.3) is 5.91 Å². The highest BCUT2D eigenvalue weighted by atomic mass is 19.4. The average Bonchev–Trinajstić information content (AvgIpc) is 3.57. The second-order valence-corrected chi connectivity index (χ2v) is 9.18. The molecule has 1 amide bonds. The lowest BCUT2D eigenvalue weighted by atomic mass is 10.1. The molecular formula is C26H26F4N8O2. The smallest absolute Gasteiger partial charge is 0.354 e. The van der Waals surface area contributed by atoms with Gasteiger partial charge in [0.1, 0.15) is 12.0 Å². The number of nitrogens with one attached hydrogen (secondary N) is 1. The molecule has 0 aliphatic heterocycles. The minimum Gasteiger partial charge on any atom is -0.354 e. The molecule has 0 bridgehead atoms. The predicted molar refractivity (Wildman–Crippen MR) is 134 cm³/mol. The van der Waals surface area contributed by atoms with Crippen LogP contribution in [-0.2, 0) is 37.0 Å². The molecule has 0 fully saturated rings. The van der Waals surface area contributed by atoms with Crippen LogP contribution in [0, 0.1) is 0 Å². The van der Waals surface area contributed by atoms with Crippen molar-refractivity contribution >= 4 is 11.7 Å². The molecule has 4 aromatic rings. The first-order valence-electron chi connectivity index (χ1n) is 12.4. The van der Waals surface area contributed by atoms with Crippen molar-refractivity contribution in [2.75, 3.05) is 7.05 Å². The van der Waals surface area contributed by atoms with Gasteiger partial charge in [0.15, 0.2) is 5.69 Å². The van der Waals surface area contributed by atoms with Crippen molar-refractivity contribution in [2.24, 2.45) is 0 Å². The summed E-state index contributed by atoms with van der Waals surface area (Å²) < 4.78 is 55.3. The van der Waals surface area contributed by atoms with Gasteiger partial charge in [0.2, 0.25) is 0 Å². The van der Waals surface area contributed by atoms with Gasteiger partial charge in [0, 0.05) is 18.9 Å². The van der Waals surface area contributed by atoms with E-state index >= 15 is 0 Å². The average molecular weight is 559 g/mol. The van der Waals surface area contributed by atoms with E-state index < -0.39 is 24.7 Å². The van der Waals surface area contributed by atoms with Crippen LogP contribution in [0.2, 0.25) is 0 Å². The number of ketones is 1. The number of imidazole rings is 1. The Kier molecular flexibility index (Phi) is 8.97. The van der Waals surface area contributed by atoms with Crippen LogP contribution in [0.1, 0.15) is 39.6 Å². The largest absolute Gasteiger partial charge is 0.393 e. The number of nitrogens with zero attached hydrogens (tertiary/aromatic N) is 7. The zero-order valence-corrected chi connectivity index (χ0v) is 21.5. The highest BCUT2D eigenvalue weighted by Gasteiger charge is 2.27. The number of rotatable bonds is 12. The highest BCUT2D eigenvalue weighted by Crippen LogP contribution is 2.22. The maximum absolute atomic E-state index is 14.4. The summed E-state index contributed by atoms with van der Waals surface area (Å²) in [6.07, 6.45) is -1.63. The van der Waals surface area contributed by atoms with E-state index in [4.69, 9.17) is 0 Å². The molecule has 1 atom stereocenters. The second-order valence-electron chi connectivity index (χ2n) is 9.18. The number of aryl methyl sites for hydroxylation is 1. The third kappa shape index (κ3) is 8.25. The Morgan fingerprint density at radius 1 is 1.00 bits per heavy atom. The van der Waals surface area contributed by atoms with Crippen LogP contribution in [0.3, 0.4) is 0 Å². The van der Waals surface area contributed by atoms with Crippen molar-refractivity contribution < 1.29 is 27.2 Å². The molecule has 0 saturated heterocycles. The third-order valence-electron chi connectivity index (χ3n) is 5.88. The van der Waals surface area contributed by atoms with E-state index in [9.17, 15) is 27.2 Å². The Bertz CT molecular complexity index is 1450. The zero-order chi connectivity index (χ0) is 28.7. The monoisotopic (exact) mass is 558 g/mol. The van der Waals surface area contributed by atoms with E-state index in [-0.39, 0.29) is 42.8 Å². The number of hydrogen-bond donors (Lipinski definition) is 1. The molecule has 1 aromatic carbocycles. The fraction of sp³-hybridized carbons (Fsp3) is 0.346. The Morgan fingerprint density at radius 2 is 1.75 bits per heavy atom. The number of carbonyl (C=O) groups is 2. The number of hydrogen-bond acceptors (Lipinski definition) is 7. The molecule has 210 valence electrons. The molecule has 0 radical (unpaired) electrons. The number of aromatic nitrogens is 7. The lowest BCUT2D eigenvalue weighted by Crippen LogP contribution is -2.18. The summed E-state index contributed by atoms with van der Waals surface area (Å²) in [5.74, 6) is -0.565. The van der Waals surface area contributed by atoms with E-state index in [0.29, 0.717) is 29.2 Å². The molecule has 10 nitrogen and oxygen atoms in total. The fourth-order valence-electron chi connectivity index (χ4n) is 3.95. The third-order valence-corrected chi connectivity index (χ3v) is 5.88. The van der Waals surface area contributed by atoms with E-state index in [2.05, 4.69) is 30.8 Å². The predicted octanol–water partition coefficient (Wildman–Crippen LogP) is 3.04. The van der Waals surface area contributed by atoms with Gasteiger partial charge in [-0.3, -0.25) is 9.59 Å². The van der Waals surface area contributed by atoms with Crippen LogP contribution in [-0.4, -0.2) is 65.8 Å². The summed E-state index contributed by atoms with van der Waals surface area (Å²) in [6.45, 7) is -0.0568. The molecule has 14 heteroatoms. The van der Waals surface area contributed by atoms with Crippen molar-refractivity contribution in [3.05, 3.63) is 83.5 Å². The number of carbonyl (C=O) groups excluding carboxylic acids is 2. The Labute approximate surface area is 226 Å². The van der Waals surface area contributed by atoms with E-state index in [1.807, 2.05) is 0 Å². The number of halogens is 4. The quantitative estimate of drug-likeness (QED) is 0.266. The Hall–Kier alpha value is -4.49. The lowest BCUT2D eigenvalue weighted by molar-refractivity contribution is -0.127. The maximum atomic E-state index is 14.4. The van der Waals surface area contributed by atoms with E-state index in [1.165, 1.54) is 36.4 Å². The molecule has 0 saturated carbocycles. The van der Waals surface area contributed by atoms with Gasteiger partial charge in [-0.25, -0.2) is 14.1 Å². The Balaban J connectivity index is 1.24. The molecule has 3 aromatic heterocycles. The molecule has 0 unspecified atom stereocenters. The number of alkyl halides is 4. The number of amides is 1. The normalized spacial score (nSPS) is 12.3. The summed E-state index contributed by atoms with van der Waals surface area (Å²) in [5.41, 5.74) is 2.24. The molecule has 0 aliphatic rings. The lowest BCUT2D eigenvalue weighted by Gasteiger charge is -2.08. The minimum atomic E-state index is -4.30. The SMILES string of the molecule is CNC(=O)c1cn(C[C@H](F)CCc2ccc(CC(=O)Cc3cn(-c4cccc(CC(F)(F)F)c4)cn3)nn2)nn1. The first-order valence-corrected chi connectivity index (χ1v) is 12.4. The summed E-state index contributed by atoms with van der Waals surface area (Å²) in [4.78, 5) is 28.3. The Morgan fingerprint density at radius 3 is 2.48 bits per heavy atom. The van der Waals surface area contributed by atoms with Gasteiger partial charge >= 0.3 is 6.18 Å². The topological polar surface area (TPSA) is 120 Å². The van der Waals surface area contributed by atoms with Crippen LogP contribution in [0.4, 0.5) is 17.6 Å². The van der Waals surface area contributed by atoms with Gasteiger partial charge in [-0.2, -0.15) is 23.4 Å². The maximum Gasteiger partial charge on any atom is 0.393 e. The van der Waals surface area contributed by atoms with Crippen LogP contribution >= 0.6 is 0 Å². The number of Topliss-reactive ketones (excluding diaryl/α,β-unsaturated/α-hetero) is 1. The van der Waals surface area contributed by atoms with Gasteiger partial charge in [0.05, 0.1) is 55.4 Å². The van der Waals surface area contributed by atoms with Gasteiger partial charge in [-0.05, 0) is 42.7 Å². The van der Waals surface area contributed by atoms with E-state index in [1.54, 1.807) is 35.0 Å². The zero-order valence-electron chi connectivity index (χ0n) is 21.5. The summed E-state index contributed by atoms with van der Waals surface area (Å²) in [7, 11) is 1.46. The van der Waals surface area contributed by atoms with Crippen molar-refractivity contribution in [1.29, 1.82) is 0 Å². The molecule has 3 heterocycles. The van der Waals surface area contributed by atoms with Crippen LogP contribution < -0.4 is 5.32 Å². The van der Waals surface area contributed by atoms with Crippen molar-refractivity contribution in [1.82, 2.24) is 40.1 Å². The number of benzene rings is 1. The van der Waals surface area contributed by atoms with Crippen LogP contribution in [0.5, 0.6) is 0 Å². The molecule has 40 heavy (non-hydrogen) atoms. The molecule has 0 aliphatic carbocycles. The second kappa shape index (κ2) is 12.6. The van der Waals surface area contributed by atoms with Crippen molar-refractivity contribution in [3.8, 4) is 5.69 Å². The summed E-state index contributed by atoms with van der Waals surface area (Å²) in [5, 5.41) is 18.0.